The van der Waals surface area contributed by atoms with E-state index in [0.29, 0.717) is 0 Å². The summed E-state index contributed by atoms with van der Waals surface area (Å²) in [4.78, 5) is 0. The topological polar surface area (TPSA) is 9.23 Å². The van der Waals surface area contributed by atoms with Crippen molar-refractivity contribution in [1.29, 1.82) is 0 Å². The van der Waals surface area contributed by atoms with E-state index in [9.17, 15) is 0 Å². The van der Waals surface area contributed by atoms with Crippen LogP contribution >= 0.6 is 36.4 Å². The Morgan fingerprint density at radius 3 is 1.86 bits per heavy atom. The van der Waals surface area contributed by atoms with E-state index in [1.54, 1.807) is 5.20 Å². The van der Waals surface area contributed by atoms with E-state index >= 15 is 0 Å². The zero-order valence-corrected chi connectivity index (χ0v) is 27.4. The van der Waals surface area contributed by atoms with Crippen molar-refractivity contribution >= 4 is 48.3 Å². The van der Waals surface area contributed by atoms with Gasteiger partial charge in [-0.1, -0.05) is 0 Å². The summed E-state index contributed by atoms with van der Waals surface area (Å²) in [6.45, 7) is 14.0. The molecule has 0 fully saturated rings. The smallest absolute Gasteiger partial charge is 0.147 e. The van der Waals surface area contributed by atoms with Crippen molar-refractivity contribution in [2.45, 2.75) is 52.2 Å². The van der Waals surface area contributed by atoms with E-state index in [1.807, 2.05) is 6.07 Å². The summed E-state index contributed by atoms with van der Waals surface area (Å²) in [5.41, 5.74) is 3.69. The predicted molar refractivity (Wildman–Crippen MR) is 165 cm³/mol. The fourth-order valence-corrected chi connectivity index (χ4v) is 12.3. The number of hydrogen-bond acceptors (Lipinski definition) is 1. The first-order chi connectivity index (χ1) is 16.5. The summed E-state index contributed by atoms with van der Waals surface area (Å²) in [6.07, 6.45) is 5.69. The molecule has 0 saturated carbocycles. The third-order valence-corrected chi connectivity index (χ3v) is 12.9. The predicted octanol–water partition coefficient (Wildman–Crippen LogP) is 9.75. The normalized spacial score (nSPS) is 13.1. The van der Waals surface area contributed by atoms with Gasteiger partial charge in [0.1, 0.15) is 0 Å². The second-order valence-electron chi connectivity index (χ2n) is 11.2. The molecule has 3 aromatic rings. The molecule has 0 spiro atoms. The maximum absolute atomic E-state index is 7.18. The average Bonchev–Trinajstić information content (AvgIpc) is 3.30. The Hall–Kier alpha value is -1.39. The molecular formula is C31H37Cl3OSiTi. The minimum Gasteiger partial charge on any atom is -0.147 e. The molecule has 0 bridgehead atoms. The van der Waals surface area contributed by atoms with Gasteiger partial charge in [0.2, 0.25) is 0 Å². The first-order valence-electron chi connectivity index (χ1n) is 12.3. The van der Waals surface area contributed by atoms with E-state index in [1.165, 1.54) is 24.4 Å². The Labute approximate surface area is 247 Å². The second kappa shape index (κ2) is 13.1. The van der Waals surface area contributed by atoms with Crippen LogP contribution in [0, 0.1) is 0 Å². The van der Waals surface area contributed by atoms with Gasteiger partial charge < -0.3 is 0 Å². The van der Waals surface area contributed by atoms with Gasteiger partial charge in [-0.25, -0.2) is 0 Å². The Bertz CT molecular complexity index is 1260. The number of halogens is 3. The number of allylic oxidation sites excluding steroid dienone is 4. The minimum absolute atomic E-state index is 0. The molecule has 0 saturated heterocycles. The van der Waals surface area contributed by atoms with Gasteiger partial charge in [-0.3, -0.25) is 0 Å². The van der Waals surface area contributed by atoms with Gasteiger partial charge in [0.15, 0.2) is 0 Å². The molecule has 1 aliphatic rings. The van der Waals surface area contributed by atoms with Gasteiger partial charge in [0.25, 0.3) is 0 Å². The average molecular weight is 608 g/mol. The van der Waals surface area contributed by atoms with Crippen LogP contribution in [0.3, 0.4) is 0 Å². The third-order valence-electron chi connectivity index (χ3n) is 6.32. The molecule has 1 nitrogen and oxygen atoms in total. The van der Waals surface area contributed by atoms with Crippen molar-refractivity contribution in [2.24, 2.45) is 0 Å². The standard InChI is InChI=1S/C13H10.C10H13ClO.C8H13Si.2ClH.Ti/c1-3-7-12(8-4-1)11-13-9-5-2-6-10-13;1-10(2,3)7-4-8(11)6-9(12)5-7;1-9(2,3)8-6-4-5-7-8;;;/h1-10H;4-6,12H,1-3H3;4,6H,5H2,1-3H3;2*1H;/q;;;;;+1/p-1. The van der Waals surface area contributed by atoms with E-state index in [-0.39, 0.29) is 30.2 Å². The number of benzene rings is 3. The van der Waals surface area contributed by atoms with Crippen molar-refractivity contribution in [3.05, 3.63) is 122 Å². The first-order valence-corrected chi connectivity index (χ1v) is 18.4. The summed E-state index contributed by atoms with van der Waals surface area (Å²) in [6, 6.07) is 27.9. The Kier molecular flexibility index (Phi) is 11.3. The van der Waals surface area contributed by atoms with Gasteiger partial charge in [-0.05, 0) is 0 Å². The van der Waals surface area contributed by atoms with Crippen LogP contribution in [0.2, 0.25) is 24.7 Å². The zero-order valence-electron chi connectivity index (χ0n) is 22.5. The molecule has 0 aliphatic heterocycles. The van der Waals surface area contributed by atoms with Crippen LogP contribution in [0.4, 0.5) is 0 Å². The van der Waals surface area contributed by atoms with Gasteiger partial charge in [-0.2, -0.15) is 0 Å². The van der Waals surface area contributed by atoms with Crippen LogP contribution in [-0.4, -0.2) is 11.9 Å². The monoisotopic (exact) mass is 606 g/mol. The largest absolute Gasteiger partial charge is 0.147 e. The molecule has 0 atom stereocenters. The molecule has 0 heterocycles. The van der Waals surface area contributed by atoms with Crippen LogP contribution in [0.5, 0.6) is 5.75 Å². The summed E-state index contributed by atoms with van der Waals surface area (Å²) in [7, 11) is -1.55. The first kappa shape index (κ1) is 31.8. The number of rotatable bonds is 6. The van der Waals surface area contributed by atoms with E-state index in [4.69, 9.17) is 14.9 Å². The van der Waals surface area contributed by atoms with E-state index in [0.717, 1.165) is 17.2 Å². The van der Waals surface area contributed by atoms with Crippen LogP contribution in [0.25, 0.3) is 0 Å². The Balaban J connectivity index is 0.00000241. The number of hydrogen-bond donors (Lipinski definition) is 0. The van der Waals surface area contributed by atoms with E-state index in [2.05, 4.69) is 125 Å². The summed E-state index contributed by atoms with van der Waals surface area (Å²) in [5, 5.41) is 2.28. The summed E-state index contributed by atoms with van der Waals surface area (Å²) in [5.74, 6) is 0.885. The van der Waals surface area contributed by atoms with Crippen LogP contribution in [-0.2, 0) is 23.2 Å². The van der Waals surface area contributed by atoms with Crippen LogP contribution in [0.1, 0.15) is 43.9 Å². The molecule has 0 unspecified atom stereocenters. The molecule has 0 radical (unpaired) electrons. The van der Waals surface area contributed by atoms with Crippen molar-refractivity contribution in [3.8, 4) is 5.75 Å². The Morgan fingerprint density at radius 2 is 1.38 bits per heavy atom. The molecule has 6 heteroatoms. The van der Waals surface area contributed by atoms with Crippen molar-refractivity contribution < 1.29 is 21.1 Å². The van der Waals surface area contributed by atoms with Crippen molar-refractivity contribution in [3.63, 3.8) is 0 Å². The molecule has 1 aliphatic carbocycles. The quantitative estimate of drug-likeness (QED) is 0.254. The van der Waals surface area contributed by atoms with Gasteiger partial charge in [-0.15, -0.1) is 24.8 Å². The fourth-order valence-electron chi connectivity index (χ4n) is 4.50. The molecule has 0 amide bonds. The third kappa shape index (κ3) is 7.82. The second-order valence-corrected chi connectivity index (χ2v) is 19.8. The van der Waals surface area contributed by atoms with Gasteiger partial charge in [0.05, 0.1) is 0 Å². The molecule has 4 rings (SSSR count). The van der Waals surface area contributed by atoms with Gasteiger partial charge in [0, 0.05) is 0 Å². The maximum Gasteiger partial charge on any atom is -0.147 e. The molecule has 196 valence electrons. The summed E-state index contributed by atoms with van der Waals surface area (Å²) < 4.78 is 10.1. The molecular weight excluding hydrogens is 571 g/mol. The van der Waals surface area contributed by atoms with Crippen LogP contribution < -0.4 is 3.32 Å². The maximum atomic E-state index is 7.18. The van der Waals surface area contributed by atoms with Crippen molar-refractivity contribution in [1.82, 2.24) is 0 Å². The Morgan fingerprint density at radius 1 is 0.838 bits per heavy atom. The van der Waals surface area contributed by atoms with Gasteiger partial charge >= 0.3 is 224 Å². The summed E-state index contributed by atoms with van der Waals surface area (Å²) >= 11 is 4.12. The fraction of sp³-hybridized carbons (Fsp3) is 0.258. The van der Waals surface area contributed by atoms with E-state index < -0.39 is 25.9 Å². The molecule has 0 aromatic heterocycles. The SMILES string of the molecule is CC(C)(C)c1cc(Cl)cc([O][Ti]([C]2=C([Si](C)(C)C)C=CC2)=[C](c2ccccc2)c2ccccc2)c1.Cl.Cl. The molecule has 37 heavy (non-hydrogen) atoms. The van der Waals surface area contributed by atoms with Crippen LogP contribution in [0.15, 0.2) is 100 Å². The zero-order chi connectivity index (χ0) is 25.2. The van der Waals surface area contributed by atoms with Crippen molar-refractivity contribution in [2.75, 3.05) is 0 Å². The minimum atomic E-state index is -2.51. The molecule has 0 N–H and O–H groups in total. The molecule has 3 aromatic carbocycles.